The van der Waals surface area contributed by atoms with Crippen molar-refractivity contribution < 1.29 is 9.18 Å². The third kappa shape index (κ3) is 4.10. The second kappa shape index (κ2) is 6.93. The highest BCUT2D eigenvalue weighted by molar-refractivity contribution is 6.30. The lowest BCUT2D eigenvalue weighted by atomic mass is 9.95. The van der Waals surface area contributed by atoms with Gasteiger partial charge in [0.05, 0.1) is 5.02 Å². The Morgan fingerprint density at radius 1 is 1.35 bits per heavy atom. The number of carbonyl (C=O) groups excluding carboxylic acids is 1. The first-order valence-electron chi connectivity index (χ1n) is 7.08. The minimum Gasteiger partial charge on any atom is -0.374 e. The van der Waals surface area contributed by atoms with Crippen LogP contribution in [0.5, 0.6) is 0 Å². The van der Waals surface area contributed by atoms with Crippen molar-refractivity contribution in [1.82, 2.24) is 5.32 Å². The van der Waals surface area contributed by atoms with Crippen LogP contribution in [0.4, 0.5) is 10.1 Å². The van der Waals surface area contributed by atoms with E-state index in [1.165, 1.54) is 31.4 Å². The summed E-state index contributed by atoms with van der Waals surface area (Å²) in [7, 11) is 0. The average Bonchev–Trinajstić information content (AvgIpc) is 2.44. The van der Waals surface area contributed by atoms with Crippen molar-refractivity contribution in [2.45, 2.75) is 51.1 Å². The van der Waals surface area contributed by atoms with E-state index in [1.807, 2.05) is 0 Å². The molecule has 0 saturated heterocycles. The fourth-order valence-electron chi connectivity index (χ4n) is 2.47. The monoisotopic (exact) mass is 298 g/mol. The number of rotatable bonds is 4. The van der Waals surface area contributed by atoms with Crippen LogP contribution < -0.4 is 10.6 Å². The lowest BCUT2D eigenvalue weighted by molar-refractivity contribution is -0.122. The maximum Gasteiger partial charge on any atom is 0.242 e. The fraction of sp³-hybridized carbons (Fsp3) is 0.533. The molecule has 5 heteroatoms. The van der Waals surface area contributed by atoms with Gasteiger partial charge in [0.25, 0.3) is 0 Å². The molecule has 0 heterocycles. The molecule has 0 spiro atoms. The highest BCUT2D eigenvalue weighted by atomic mass is 35.5. The first-order chi connectivity index (χ1) is 9.56. The standard InChI is InChI=1S/C15H20ClFN2O/c1-10(15(20)19-11-5-3-2-4-6-11)18-12-7-8-13(16)14(17)9-12/h7-11,18H,2-6H2,1H3,(H,19,20). The van der Waals surface area contributed by atoms with Crippen LogP contribution in [-0.2, 0) is 4.79 Å². The van der Waals surface area contributed by atoms with E-state index in [0.29, 0.717) is 5.69 Å². The quantitative estimate of drug-likeness (QED) is 0.889. The third-order valence-corrected chi connectivity index (χ3v) is 3.95. The summed E-state index contributed by atoms with van der Waals surface area (Å²) >= 11 is 5.63. The second-order valence-corrected chi connectivity index (χ2v) is 5.75. The smallest absolute Gasteiger partial charge is 0.242 e. The second-order valence-electron chi connectivity index (χ2n) is 5.34. The number of amides is 1. The van der Waals surface area contributed by atoms with Crippen LogP contribution in [0.2, 0.25) is 5.02 Å². The van der Waals surface area contributed by atoms with Gasteiger partial charge in [0.15, 0.2) is 0 Å². The van der Waals surface area contributed by atoms with Gasteiger partial charge in [-0.2, -0.15) is 0 Å². The molecule has 3 nitrogen and oxygen atoms in total. The topological polar surface area (TPSA) is 41.1 Å². The number of halogens is 2. The summed E-state index contributed by atoms with van der Waals surface area (Å²) in [6.07, 6.45) is 5.70. The zero-order chi connectivity index (χ0) is 14.5. The van der Waals surface area contributed by atoms with Gasteiger partial charge in [-0.05, 0) is 38.0 Å². The van der Waals surface area contributed by atoms with Gasteiger partial charge in [0.2, 0.25) is 5.91 Å². The van der Waals surface area contributed by atoms with Crippen LogP contribution in [0.3, 0.4) is 0 Å². The average molecular weight is 299 g/mol. The fourth-order valence-corrected chi connectivity index (χ4v) is 2.59. The molecular formula is C15H20ClFN2O. The largest absolute Gasteiger partial charge is 0.374 e. The molecule has 2 N–H and O–H groups in total. The number of hydrogen-bond acceptors (Lipinski definition) is 2. The number of carbonyl (C=O) groups is 1. The molecule has 1 atom stereocenters. The van der Waals surface area contributed by atoms with Crippen molar-refractivity contribution in [1.29, 1.82) is 0 Å². The SMILES string of the molecule is CC(Nc1ccc(Cl)c(F)c1)C(=O)NC1CCCCC1. The Labute approximate surface area is 123 Å². The molecule has 0 aliphatic heterocycles. The summed E-state index contributed by atoms with van der Waals surface area (Å²) < 4.78 is 13.3. The van der Waals surface area contributed by atoms with E-state index in [1.54, 1.807) is 13.0 Å². The van der Waals surface area contributed by atoms with Gasteiger partial charge < -0.3 is 10.6 Å². The summed E-state index contributed by atoms with van der Waals surface area (Å²) in [4.78, 5) is 12.1. The van der Waals surface area contributed by atoms with E-state index in [9.17, 15) is 9.18 Å². The summed E-state index contributed by atoms with van der Waals surface area (Å²) in [5.41, 5.74) is 0.554. The van der Waals surface area contributed by atoms with Crippen molar-refractivity contribution in [3.05, 3.63) is 29.0 Å². The van der Waals surface area contributed by atoms with Crippen molar-refractivity contribution in [3.63, 3.8) is 0 Å². The van der Waals surface area contributed by atoms with Crippen molar-refractivity contribution >= 4 is 23.2 Å². The molecule has 1 aliphatic rings. The minimum atomic E-state index is -0.489. The predicted octanol–water partition coefficient (Wildman–Crippen LogP) is 3.73. The van der Waals surface area contributed by atoms with Gasteiger partial charge in [0.1, 0.15) is 11.9 Å². The normalized spacial score (nSPS) is 17.6. The lowest BCUT2D eigenvalue weighted by Gasteiger charge is -2.25. The third-order valence-electron chi connectivity index (χ3n) is 3.65. The van der Waals surface area contributed by atoms with Gasteiger partial charge in [-0.25, -0.2) is 4.39 Å². The molecule has 1 amide bonds. The Hall–Kier alpha value is -1.29. The van der Waals surface area contributed by atoms with Crippen molar-refractivity contribution in [3.8, 4) is 0 Å². The molecule has 1 fully saturated rings. The zero-order valence-corrected chi connectivity index (χ0v) is 12.3. The molecule has 110 valence electrons. The van der Waals surface area contributed by atoms with E-state index in [4.69, 9.17) is 11.6 Å². The highest BCUT2D eigenvalue weighted by Gasteiger charge is 2.19. The Bertz CT molecular complexity index is 475. The minimum absolute atomic E-state index is 0.0488. The maximum absolute atomic E-state index is 13.3. The number of anilines is 1. The molecule has 1 unspecified atom stereocenters. The Morgan fingerprint density at radius 2 is 2.05 bits per heavy atom. The predicted molar refractivity (Wildman–Crippen MR) is 79.5 cm³/mol. The first kappa shape index (κ1) is 15.1. The number of nitrogens with one attached hydrogen (secondary N) is 2. The molecule has 2 rings (SSSR count). The van der Waals surface area contributed by atoms with Crippen molar-refractivity contribution in [2.24, 2.45) is 0 Å². The van der Waals surface area contributed by atoms with Crippen LogP contribution in [0, 0.1) is 5.82 Å². The molecule has 0 radical (unpaired) electrons. The maximum atomic E-state index is 13.3. The molecule has 1 aromatic carbocycles. The molecule has 1 saturated carbocycles. The molecule has 20 heavy (non-hydrogen) atoms. The van der Waals surface area contributed by atoms with Gasteiger partial charge in [0, 0.05) is 11.7 Å². The first-order valence-corrected chi connectivity index (χ1v) is 7.46. The summed E-state index contributed by atoms with van der Waals surface area (Å²) in [5.74, 6) is -0.538. The summed E-state index contributed by atoms with van der Waals surface area (Å²) in [6, 6.07) is 4.31. The molecule has 0 bridgehead atoms. The van der Waals surface area contributed by atoms with E-state index in [0.717, 1.165) is 12.8 Å². The van der Waals surface area contributed by atoms with Crippen molar-refractivity contribution in [2.75, 3.05) is 5.32 Å². The number of benzene rings is 1. The number of hydrogen-bond donors (Lipinski definition) is 2. The van der Waals surface area contributed by atoms with Crippen LogP contribution >= 0.6 is 11.6 Å². The highest BCUT2D eigenvalue weighted by Crippen LogP contribution is 2.20. The van der Waals surface area contributed by atoms with Crippen LogP contribution in [-0.4, -0.2) is 18.0 Å². The van der Waals surface area contributed by atoms with E-state index in [-0.39, 0.29) is 17.0 Å². The molecular weight excluding hydrogens is 279 g/mol. The van der Waals surface area contributed by atoms with E-state index < -0.39 is 11.9 Å². The van der Waals surface area contributed by atoms with Crippen LogP contribution in [0.25, 0.3) is 0 Å². The molecule has 1 aliphatic carbocycles. The zero-order valence-electron chi connectivity index (χ0n) is 11.6. The molecule has 1 aromatic rings. The summed E-state index contributed by atoms with van der Waals surface area (Å²) in [5, 5.41) is 6.11. The molecule has 0 aromatic heterocycles. The van der Waals surface area contributed by atoms with E-state index >= 15 is 0 Å². The Kier molecular flexibility index (Phi) is 5.24. The van der Waals surface area contributed by atoms with Gasteiger partial charge in [-0.15, -0.1) is 0 Å². The van der Waals surface area contributed by atoms with Crippen LogP contribution in [0.15, 0.2) is 18.2 Å². The van der Waals surface area contributed by atoms with Gasteiger partial charge in [-0.3, -0.25) is 4.79 Å². The van der Waals surface area contributed by atoms with Gasteiger partial charge >= 0.3 is 0 Å². The van der Waals surface area contributed by atoms with E-state index in [2.05, 4.69) is 10.6 Å². The van der Waals surface area contributed by atoms with Gasteiger partial charge in [-0.1, -0.05) is 30.9 Å². The Balaban J connectivity index is 1.88. The lowest BCUT2D eigenvalue weighted by Crippen LogP contribution is -2.44. The summed E-state index contributed by atoms with van der Waals surface area (Å²) in [6.45, 7) is 1.77. The van der Waals surface area contributed by atoms with Crippen LogP contribution in [0.1, 0.15) is 39.0 Å². The Morgan fingerprint density at radius 3 is 2.70 bits per heavy atom.